The quantitative estimate of drug-likeness (QED) is 0.684. The summed E-state index contributed by atoms with van der Waals surface area (Å²) in [6.45, 7) is 9.55. The summed E-state index contributed by atoms with van der Waals surface area (Å²) in [6, 6.07) is 1.56. The molecule has 0 aromatic carbocycles. The molecule has 0 atom stereocenters. The van der Waals surface area contributed by atoms with Gasteiger partial charge in [-0.15, -0.1) is 6.58 Å². The normalized spacial score (nSPS) is 12.0. The van der Waals surface area contributed by atoms with E-state index in [1.54, 1.807) is 12.1 Å². The van der Waals surface area contributed by atoms with Gasteiger partial charge >= 0.3 is 0 Å². The van der Waals surface area contributed by atoms with Crippen molar-refractivity contribution in [3.8, 4) is 0 Å². The first-order valence-electron chi connectivity index (χ1n) is 6.57. The van der Waals surface area contributed by atoms with Crippen LogP contribution in [0.15, 0.2) is 32.7 Å². The minimum atomic E-state index is -3.57. The van der Waals surface area contributed by atoms with Crippen LogP contribution in [0.3, 0.4) is 0 Å². The van der Waals surface area contributed by atoms with E-state index in [9.17, 15) is 8.42 Å². The molecule has 0 aliphatic carbocycles. The molecule has 0 bridgehead atoms. The third-order valence-electron chi connectivity index (χ3n) is 2.68. The van der Waals surface area contributed by atoms with Gasteiger partial charge in [-0.1, -0.05) is 19.9 Å². The van der Waals surface area contributed by atoms with Crippen molar-refractivity contribution >= 4 is 26.0 Å². The number of nitrogens with one attached hydrogen (secondary N) is 1. The molecule has 1 rings (SSSR count). The van der Waals surface area contributed by atoms with E-state index < -0.39 is 10.0 Å². The van der Waals surface area contributed by atoms with Crippen LogP contribution in [0.25, 0.3) is 0 Å². The van der Waals surface area contributed by atoms with Crippen LogP contribution in [-0.4, -0.2) is 32.4 Å². The first-order valence-corrected chi connectivity index (χ1v) is 8.80. The van der Waals surface area contributed by atoms with Gasteiger partial charge in [-0.2, -0.15) is 4.31 Å². The van der Waals surface area contributed by atoms with Crippen LogP contribution in [0.2, 0.25) is 0 Å². The highest BCUT2D eigenvalue weighted by molar-refractivity contribution is 9.10. The fourth-order valence-corrected chi connectivity index (χ4v) is 4.21. The Morgan fingerprint density at radius 2 is 2.20 bits per heavy atom. The molecule has 0 aliphatic heterocycles. The molecule has 1 aromatic rings. The molecule has 0 aliphatic rings. The molecule has 114 valence electrons. The molecule has 7 heteroatoms. The zero-order valence-electron chi connectivity index (χ0n) is 11.9. The average Bonchev–Trinajstić information content (AvgIpc) is 2.78. The number of hydrogen-bond donors (Lipinski definition) is 1. The Hall–Kier alpha value is -0.630. The van der Waals surface area contributed by atoms with Gasteiger partial charge < -0.3 is 9.73 Å². The average molecular weight is 365 g/mol. The SMILES string of the molecule is C=CCN(CCC)S(=O)(=O)c1cc(CNCC)oc1Br. The van der Waals surface area contributed by atoms with Crippen molar-refractivity contribution in [3.05, 3.63) is 29.2 Å². The number of halogens is 1. The van der Waals surface area contributed by atoms with Crippen molar-refractivity contribution in [2.45, 2.75) is 31.7 Å². The van der Waals surface area contributed by atoms with Crippen molar-refractivity contribution in [3.63, 3.8) is 0 Å². The Balaban J connectivity index is 3.06. The topological polar surface area (TPSA) is 62.6 Å². The molecule has 1 heterocycles. The van der Waals surface area contributed by atoms with Crippen molar-refractivity contribution < 1.29 is 12.8 Å². The molecule has 0 saturated carbocycles. The Morgan fingerprint density at radius 1 is 1.50 bits per heavy atom. The number of furan rings is 1. The van der Waals surface area contributed by atoms with Crippen LogP contribution in [0.1, 0.15) is 26.0 Å². The summed E-state index contributed by atoms with van der Waals surface area (Å²) in [7, 11) is -3.57. The lowest BCUT2D eigenvalue weighted by atomic mass is 10.4. The summed E-state index contributed by atoms with van der Waals surface area (Å²) < 4.78 is 32.2. The molecule has 0 fully saturated rings. The summed E-state index contributed by atoms with van der Waals surface area (Å²) >= 11 is 3.19. The number of nitrogens with zero attached hydrogens (tertiary/aromatic N) is 1. The summed E-state index contributed by atoms with van der Waals surface area (Å²) in [6.07, 6.45) is 2.33. The maximum atomic E-state index is 12.6. The van der Waals surface area contributed by atoms with Gasteiger partial charge in [0.05, 0.1) is 6.54 Å². The van der Waals surface area contributed by atoms with E-state index in [1.165, 1.54) is 4.31 Å². The van der Waals surface area contributed by atoms with Gasteiger partial charge in [0, 0.05) is 19.2 Å². The zero-order valence-corrected chi connectivity index (χ0v) is 14.3. The van der Waals surface area contributed by atoms with Crippen molar-refractivity contribution in [1.82, 2.24) is 9.62 Å². The van der Waals surface area contributed by atoms with Crippen molar-refractivity contribution in [2.24, 2.45) is 0 Å². The lowest BCUT2D eigenvalue weighted by molar-refractivity contribution is 0.435. The Bertz CT molecular complexity index is 540. The van der Waals surface area contributed by atoms with Gasteiger partial charge in [-0.3, -0.25) is 0 Å². The minimum Gasteiger partial charge on any atom is -0.452 e. The van der Waals surface area contributed by atoms with Crippen molar-refractivity contribution in [1.29, 1.82) is 0 Å². The monoisotopic (exact) mass is 364 g/mol. The molecule has 0 amide bonds. The standard InChI is InChI=1S/C13H21BrN2O3S/c1-4-7-16(8-5-2)20(17,18)12-9-11(10-15-6-3)19-13(12)14/h4,9,15H,1,5-8,10H2,2-3H3. The summed E-state index contributed by atoms with van der Waals surface area (Å²) in [4.78, 5) is 0.167. The van der Waals surface area contributed by atoms with E-state index in [1.807, 2.05) is 13.8 Å². The summed E-state index contributed by atoms with van der Waals surface area (Å²) in [5, 5.41) is 3.10. The van der Waals surface area contributed by atoms with E-state index >= 15 is 0 Å². The van der Waals surface area contributed by atoms with Crippen LogP contribution >= 0.6 is 15.9 Å². The van der Waals surface area contributed by atoms with Gasteiger partial charge in [0.1, 0.15) is 10.7 Å². The maximum absolute atomic E-state index is 12.6. The largest absolute Gasteiger partial charge is 0.452 e. The predicted molar refractivity (Wildman–Crippen MR) is 83.0 cm³/mol. The predicted octanol–water partition coefficient (Wildman–Crippen LogP) is 2.74. The summed E-state index contributed by atoms with van der Waals surface area (Å²) in [5.41, 5.74) is 0. The lowest BCUT2D eigenvalue weighted by Gasteiger charge is -2.19. The number of sulfonamides is 1. The number of rotatable bonds is 9. The van der Waals surface area contributed by atoms with Crippen molar-refractivity contribution in [2.75, 3.05) is 19.6 Å². The molecule has 0 spiro atoms. The Morgan fingerprint density at radius 3 is 2.75 bits per heavy atom. The Labute approximate surface area is 129 Å². The Kier molecular flexibility index (Phi) is 6.94. The van der Waals surface area contributed by atoms with Crippen LogP contribution in [0.4, 0.5) is 0 Å². The van der Waals surface area contributed by atoms with Crippen LogP contribution < -0.4 is 5.32 Å². The molecule has 0 radical (unpaired) electrons. The molecule has 1 N–H and O–H groups in total. The van der Waals surface area contributed by atoms with E-state index in [0.29, 0.717) is 18.8 Å². The smallest absolute Gasteiger partial charge is 0.247 e. The second-order valence-electron chi connectivity index (χ2n) is 4.28. The van der Waals surface area contributed by atoms with E-state index in [0.717, 1.165) is 13.0 Å². The van der Waals surface area contributed by atoms with Crippen LogP contribution in [0, 0.1) is 0 Å². The molecular weight excluding hydrogens is 344 g/mol. The second-order valence-corrected chi connectivity index (χ2v) is 6.91. The van der Waals surface area contributed by atoms with Gasteiger partial charge in [0.15, 0.2) is 4.67 Å². The van der Waals surface area contributed by atoms with E-state index in [2.05, 4.69) is 27.8 Å². The summed E-state index contributed by atoms with van der Waals surface area (Å²) in [5.74, 6) is 0.590. The number of hydrogen-bond acceptors (Lipinski definition) is 4. The van der Waals surface area contributed by atoms with E-state index in [4.69, 9.17) is 4.42 Å². The highest BCUT2D eigenvalue weighted by Crippen LogP contribution is 2.28. The van der Waals surface area contributed by atoms with Crippen LogP contribution in [0.5, 0.6) is 0 Å². The zero-order chi connectivity index (χ0) is 15.2. The highest BCUT2D eigenvalue weighted by Gasteiger charge is 2.28. The maximum Gasteiger partial charge on any atom is 0.247 e. The fourth-order valence-electron chi connectivity index (χ4n) is 1.75. The molecule has 20 heavy (non-hydrogen) atoms. The highest BCUT2D eigenvalue weighted by atomic mass is 79.9. The van der Waals surface area contributed by atoms with Gasteiger partial charge in [-0.05, 0) is 28.9 Å². The van der Waals surface area contributed by atoms with Gasteiger partial charge in [-0.25, -0.2) is 8.42 Å². The van der Waals surface area contributed by atoms with Crippen LogP contribution in [-0.2, 0) is 16.6 Å². The molecule has 0 saturated heterocycles. The first-order chi connectivity index (χ1) is 9.47. The third-order valence-corrected chi connectivity index (χ3v) is 5.40. The second kappa shape index (κ2) is 7.97. The molecule has 5 nitrogen and oxygen atoms in total. The first kappa shape index (κ1) is 17.4. The molecular formula is C13H21BrN2O3S. The minimum absolute atomic E-state index is 0.167. The lowest BCUT2D eigenvalue weighted by Crippen LogP contribution is -2.32. The molecule has 0 unspecified atom stereocenters. The van der Waals surface area contributed by atoms with Gasteiger partial charge in [0.25, 0.3) is 0 Å². The fraction of sp³-hybridized carbons (Fsp3) is 0.538. The van der Waals surface area contributed by atoms with E-state index in [-0.39, 0.29) is 16.1 Å². The third kappa shape index (κ3) is 4.18. The van der Waals surface area contributed by atoms with Gasteiger partial charge in [0.2, 0.25) is 10.0 Å². The molecule has 1 aromatic heterocycles.